The molecule has 1 aromatic carbocycles. The Balaban J connectivity index is 1.15. The normalized spacial score (nSPS) is 21.8. The van der Waals surface area contributed by atoms with Gasteiger partial charge >= 0.3 is 6.18 Å². The smallest absolute Gasteiger partial charge is 0.418 e. The van der Waals surface area contributed by atoms with E-state index in [0.29, 0.717) is 54.9 Å². The Hall–Kier alpha value is -3.38. The monoisotopic (exact) mass is 542 g/mol. The molecule has 7 rings (SSSR count). The first-order chi connectivity index (χ1) is 18.9. The van der Waals surface area contributed by atoms with E-state index in [9.17, 15) is 18.0 Å². The van der Waals surface area contributed by atoms with Crippen LogP contribution >= 0.6 is 0 Å². The van der Waals surface area contributed by atoms with Gasteiger partial charge in [-0.15, -0.1) is 0 Å². The van der Waals surface area contributed by atoms with Crippen molar-refractivity contribution < 1.29 is 27.4 Å². The van der Waals surface area contributed by atoms with Crippen LogP contribution in [0.5, 0.6) is 5.75 Å². The van der Waals surface area contributed by atoms with Crippen molar-refractivity contribution in [2.24, 2.45) is 0 Å². The zero-order chi connectivity index (χ0) is 26.7. The largest absolute Gasteiger partial charge is 0.491 e. The third-order valence-electron chi connectivity index (χ3n) is 8.18. The number of morpholine rings is 1. The number of anilines is 2. The highest BCUT2D eigenvalue weighted by Crippen LogP contribution is 2.46. The molecule has 2 aromatic heterocycles. The lowest BCUT2D eigenvalue weighted by molar-refractivity contribution is -0.136. The molecule has 9 nitrogen and oxygen atoms in total. The van der Waals surface area contributed by atoms with Crippen LogP contribution in [0.4, 0.5) is 24.8 Å². The number of hydrogen-bond donors (Lipinski definition) is 2. The molecule has 0 bridgehead atoms. The molecule has 1 atom stereocenters. The van der Waals surface area contributed by atoms with E-state index in [1.54, 1.807) is 12.1 Å². The molecule has 2 saturated heterocycles. The van der Waals surface area contributed by atoms with Crippen LogP contribution in [-0.2, 0) is 17.3 Å². The fraction of sp³-hybridized carbons (Fsp3) is 0.519. The molecule has 39 heavy (non-hydrogen) atoms. The first kappa shape index (κ1) is 24.6. The van der Waals surface area contributed by atoms with Crippen molar-refractivity contribution >= 4 is 28.6 Å². The maximum absolute atomic E-state index is 13.6. The van der Waals surface area contributed by atoms with E-state index < -0.39 is 11.7 Å². The number of carbonyl (C=O) groups excluding carboxylic acids is 1. The zero-order valence-electron chi connectivity index (χ0n) is 21.3. The Bertz CT molecular complexity index is 1430. The minimum absolute atomic E-state index is 0.00110. The van der Waals surface area contributed by atoms with Crippen molar-refractivity contribution in [3.05, 3.63) is 40.7 Å². The number of aromatic amines is 1. The maximum Gasteiger partial charge on any atom is 0.418 e. The number of aromatic nitrogens is 3. The highest BCUT2D eigenvalue weighted by atomic mass is 19.4. The summed E-state index contributed by atoms with van der Waals surface area (Å²) in [5, 5.41) is 3.20. The maximum atomic E-state index is 13.6. The van der Waals surface area contributed by atoms with E-state index in [0.717, 1.165) is 57.3 Å². The number of alkyl halides is 3. The Kier molecular flexibility index (Phi) is 5.92. The number of nitrogens with one attached hydrogen (secondary N) is 2. The third-order valence-corrected chi connectivity index (χ3v) is 8.18. The van der Waals surface area contributed by atoms with Crippen molar-refractivity contribution in [2.75, 3.05) is 51.3 Å². The molecule has 5 heterocycles. The highest BCUT2D eigenvalue weighted by molar-refractivity contribution is 5.98. The van der Waals surface area contributed by atoms with Gasteiger partial charge in [-0.2, -0.15) is 18.2 Å². The predicted molar refractivity (Wildman–Crippen MR) is 136 cm³/mol. The lowest BCUT2D eigenvalue weighted by Gasteiger charge is -2.32. The topological polar surface area (TPSA) is 95.6 Å². The summed E-state index contributed by atoms with van der Waals surface area (Å²) >= 11 is 0. The summed E-state index contributed by atoms with van der Waals surface area (Å²) in [5.41, 5.74) is 1.87. The van der Waals surface area contributed by atoms with Gasteiger partial charge in [-0.1, -0.05) is 0 Å². The van der Waals surface area contributed by atoms with Crippen LogP contribution in [0.1, 0.15) is 52.4 Å². The van der Waals surface area contributed by atoms with Crippen LogP contribution < -0.4 is 10.1 Å². The quantitative estimate of drug-likeness (QED) is 0.502. The van der Waals surface area contributed by atoms with Crippen LogP contribution in [0.25, 0.3) is 11.0 Å². The van der Waals surface area contributed by atoms with Crippen molar-refractivity contribution in [1.82, 2.24) is 24.8 Å². The summed E-state index contributed by atoms with van der Waals surface area (Å²) in [7, 11) is 0. The number of nitrogens with zero attached hydrogens (tertiary/aromatic N) is 4. The summed E-state index contributed by atoms with van der Waals surface area (Å²) in [5.74, 6) is 0.754. The van der Waals surface area contributed by atoms with Crippen molar-refractivity contribution in [3.63, 3.8) is 0 Å². The van der Waals surface area contributed by atoms with Crippen LogP contribution in [-0.4, -0.2) is 82.7 Å². The number of amides is 1. The number of H-pyrrole nitrogens is 1. The van der Waals surface area contributed by atoms with E-state index in [2.05, 4.69) is 25.2 Å². The second kappa shape index (κ2) is 9.37. The molecule has 3 aromatic rings. The molecular formula is C27H29F3N6O3. The first-order valence-corrected chi connectivity index (χ1v) is 13.5. The molecule has 3 aliphatic heterocycles. The molecule has 1 aliphatic carbocycles. The Morgan fingerprint density at radius 2 is 1.90 bits per heavy atom. The number of likely N-dealkylation sites (tertiary alicyclic amines) is 1. The molecule has 1 unspecified atom stereocenters. The Morgan fingerprint density at radius 1 is 1.08 bits per heavy atom. The highest BCUT2D eigenvalue weighted by Gasteiger charge is 2.39. The van der Waals surface area contributed by atoms with Gasteiger partial charge in [0.1, 0.15) is 11.4 Å². The molecule has 0 spiro atoms. The van der Waals surface area contributed by atoms with Crippen LogP contribution in [0.15, 0.2) is 18.3 Å². The molecule has 1 saturated carbocycles. The van der Waals surface area contributed by atoms with E-state index in [-0.39, 0.29) is 28.8 Å². The van der Waals surface area contributed by atoms with E-state index in [4.69, 9.17) is 9.47 Å². The number of fused-ring (bicyclic) bond motifs is 2. The van der Waals surface area contributed by atoms with Gasteiger partial charge in [-0.3, -0.25) is 9.69 Å². The fourth-order valence-corrected chi connectivity index (χ4v) is 6.05. The van der Waals surface area contributed by atoms with Crippen molar-refractivity contribution in [1.29, 1.82) is 0 Å². The average Bonchev–Trinajstić information content (AvgIpc) is 3.31. The summed E-state index contributed by atoms with van der Waals surface area (Å²) in [6, 6.07) is 3.92. The Morgan fingerprint density at radius 3 is 2.67 bits per heavy atom. The lowest BCUT2D eigenvalue weighted by Crippen LogP contribution is -2.45. The first-order valence-electron chi connectivity index (χ1n) is 13.5. The molecule has 1 amide bonds. The number of hydrogen-bond acceptors (Lipinski definition) is 7. The standard InChI is InChI=1S/C27H29F3N6O3/c28-27(29,30)19-13-31-24-21(19)22(15-1-2-15)33-26(34-24)32-20-4-3-18(17-6-10-39-23(17)20)25(37)36-7-5-16(14-36)35-8-11-38-12-9-35/h3-4,13,15-16H,1-2,5-12,14H2,(H2,31,32,33,34). The van der Waals surface area contributed by atoms with Gasteiger partial charge in [0.25, 0.3) is 5.91 Å². The molecule has 4 aliphatic rings. The number of carbonyl (C=O) groups is 1. The van der Waals surface area contributed by atoms with Crippen LogP contribution in [0.2, 0.25) is 0 Å². The van der Waals surface area contributed by atoms with Gasteiger partial charge in [-0.05, 0) is 31.4 Å². The lowest BCUT2D eigenvalue weighted by atomic mass is 10.0. The molecule has 206 valence electrons. The Labute approximate surface area is 222 Å². The average molecular weight is 543 g/mol. The fourth-order valence-electron chi connectivity index (χ4n) is 6.05. The molecule has 12 heteroatoms. The van der Waals surface area contributed by atoms with Gasteiger partial charge in [0.15, 0.2) is 0 Å². The summed E-state index contributed by atoms with van der Waals surface area (Å²) in [6.07, 6.45) is -0.390. The second-order valence-electron chi connectivity index (χ2n) is 10.7. The van der Waals surface area contributed by atoms with Crippen molar-refractivity contribution in [2.45, 2.75) is 43.8 Å². The summed E-state index contributed by atoms with van der Waals surface area (Å²) in [6.45, 7) is 5.11. The number of rotatable bonds is 5. The van der Waals surface area contributed by atoms with Gasteiger partial charge in [0.05, 0.1) is 42.2 Å². The molecule has 2 N–H and O–H groups in total. The SMILES string of the molecule is O=C(c1ccc(Nc2nc(C3CC3)c3c(C(F)(F)F)c[nH]c3n2)c2c1CCO2)N1CCC(N2CCOCC2)C1. The predicted octanol–water partition coefficient (Wildman–Crippen LogP) is 4.08. The van der Waals surface area contributed by atoms with Crippen molar-refractivity contribution in [3.8, 4) is 5.75 Å². The second-order valence-corrected chi connectivity index (χ2v) is 10.7. The van der Waals surface area contributed by atoms with Gasteiger partial charge in [0, 0.05) is 61.9 Å². The van der Waals surface area contributed by atoms with Crippen LogP contribution in [0, 0.1) is 0 Å². The van der Waals surface area contributed by atoms with Gasteiger partial charge in [0.2, 0.25) is 5.95 Å². The zero-order valence-corrected chi connectivity index (χ0v) is 21.3. The number of ether oxygens (including phenoxy) is 2. The van der Waals surface area contributed by atoms with Gasteiger partial charge in [-0.25, -0.2) is 4.98 Å². The van der Waals surface area contributed by atoms with E-state index in [1.807, 2.05) is 4.90 Å². The van der Waals surface area contributed by atoms with E-state index in [1.165, 1.54) is 0 Å². The molecule has 0 radical (unpaired) electrons. The molecular weight excluding hydrogens is 513 g/mol. The van der Waals surface area contributed by atoms with Crippen LogP contribution in [0.3, 0.4) is 0 Å². The summed E-state index contributed by atoms with van der Waals surface area (Å²) < 4.78 is 52.2. The summed E-state index contributed by atoms with van der Waals surface area (Å²) in [4.78, 5) is 29.4. The number of benzene rings is 1. The minimum Gasteiger partial charge on any atom is -0.491 e. The third kappa shape index (κ3) is 4.49. The number of halogens is 3. The molecule has 3 fully saturated rings. The minimum atomic E-state index is -4.49. The van der Waals surface area contributed by atoms with E-state index >= 15 is 0 Å². The van der Waals surface area contributed by atoms with Gasteiger partial charge < -0.3 is 24.7 Å².